The molecule has 6 nitrogen and oxygen atoms in total. The number of fused-ring (bicyclic) bond motifs is 1. The van der Waals surface area contributed by atoms with E-state index in [1.807, 2.05) is 6.07 Å². The molecular weight excluding hydrogens is 386 g/mol. The van der Waals surface area contributed by atoms with Gasteiger partial charge in [0, 0.05) is 36.7 Å². The molecule has 29 heavy (non-hydrogen) atoms. The maximum absolute atomic E-state index is 11.8. The summed E-state index contributed by atoms with van der Waals surface area (Å²) in [7, 11) is -2.99. The molecule has 1 heterocycles. The van der Waals surface area contributed by atoms with Gasteiger partial charge in [-0.2, -0.15) is 0 Å². The lowest BCUT2D eigenvalue weighted by Crippen LogP contribution is -2.46. The summed E-state index contributed by atoms with van der Waals surface area (Å²) < 4.78 is 30.0. The Morgan fingerprint density at radius 3 is 2.59 bits per heavy atom. The predicted molar refractivity (Wildman–Crippen MR) is 116 cm³/mol. The number of hydrogen-bond acceptors (Lipinski definition) is 4. The van der Waals surface area contributed by atoms with E-state index in [4.69, 9.17) is 9.73 Å². The third-order valence-corrected chi connectivity index (χ3v) is 7.60. The van der Waals surface area contributed by atoms with Gasteiger partial charge in [-0.3, -0.25) is 4.99 Å². The molecule has 1 unspecified atom stereocenters. The van der Waals surface area contributed by atoms with E-state index in [2.05, 4.69) is 35.8 Å². The molecule has 1 aromatic rings. The van der Waals surface area contributed by atoms with E-state index in [1.54, 1.807) is 0 Å². The van der Waals surface area contributed by atoms with E-state index in [9.17, 15) is 8.42 Å². The topological polar surface area (TPSA) is 79.8 Å². The van der Waals surface area contributed by atoms with Gasteiger partial charge in [0.25, 0.3) is 0 Å². The van der Waals surface area contributed by atoms with Crippen LogP contribution in [0.15, 0.2) is 29.3 Å². The summed E-state index contributed by atoms with van der Waals surface area (Å²) in [5, 5.41) is 6.99. The normalized spacial score (nSPS) is 24.6. The van der Waals surface area contributed by atoms with Crippen LogP contribution < -0.4 is 15.4 Å². The van der Waals surface area contributed by atoms with Gasteiger partial charge in [-0.1, -0.05) is 18.2 Å². The lowest BCUT2D eigenvalue weighted by Gasteiger charge is -2.40. The fraction of sp³-hybridized carbons (Fsp3) is 0.682. The van der Waals surface area contributed by atoms with Crippen LogP contribution in [0, 0.1) is 5.41 Å². The highest BCUT2D eigenvalue weighted by atomic mass is 32.2. The Labute approximate surface area is 174 Å². The lowest BCUT2D eigenvalue weighted by molar-refractivity contribution is 0.0396. The van der Waals surface area contributed by atoms with E-state index in [0.29, 0.717) is 6.54 Å². The molecule has 2 fully saturated rings. The molecule has 4 rings (SSSR count). The fourth-order valence-corrected chi connectivity index (χ4v) is 6.38. The smallest absolute Gasteiger partial charge is 0.191 e. The Morgan fingerprint density at radius 1 is 1.21 bits per heavy atom. The van der Waals surface area contributed by atoms with Gasteiger partial charge in [0.05, 0.1) is 11.8 Å². The average Bonchev–Trinajstić information content (AvgIpc) is 3.27. The van der Waals surface area contributed by atoms with Crippen molar-refractivity contribution in [1.29, 1.82) is 0 Å². The number of aliphatic imine (C=N–C) groups is 1. The van der Waals surface area contributed by atoms with Gasteiger partial charge in [-0.25, -0.2) is 8.42 Å². The molecule has 0 aromatic heterocycles. The first kappa shape index (κ1) is 20.5. The first-order chi connectivity index (χ1) is 13.8. The van der Waals surface area contributed by atoms with Gasteiger partial charge in [0.1, 0.15) is 21.2 Å². The van der Waals surface area contributed by atoms with Crippen molar-refractivity contribution in [2.75, 3.05) is 25.1 Å². The second-order valence-corrected chi connectivity index (χ2v) is 11.3. The maximum atomic E-state index is 11.8. The largest absolute Gasteiger partial charge is 0.487 e. The number of benzene rings is 1. The molecule has 7 heteroatoms. The van der Waals surface area contributed by atoms with Crippen LogP contribution in [-0.4, -0.2) is 45.1 Å². The number of hydrogen-bond donors (Lipinski definition) is 2. The number of nitrogens with zero attached hydrogens (tertiary/aromatic N) is 1. The van der Waals surface area contributed by atoms with Crippen molar-refractivity contribution >= 4 is 15.8 Å². The first-order valence-electron chi connectivity index (χ1n) is 10.8. The quantitative estimate of drug-likeness (QED) is 0.547. The van der Waals surface area contributed by atoms with Gasteiger partial charge < -0.3 is 15.4 Å². The SMILES string of the molecule is CCNC(=NCC1(CS(C)(=O)=O)CC1)NC1CC2(CCCC2)Oc2ccccc21. The number of para-hydroxylation sites is 1. The second kappa shape index (κ2) is 7.82. The third-order valence-electron chi connectivity index (χ3n) is 6.47. The van der Waals surface area contributed by atoms with Crippen LogP contribution in [0.5, 0.6) is 5.75 Å². The van der Waals surface area contributed by atoms with Crippen molar-refractivity contribution in [3.05, 3.63) is 29.8 Å². The fourth-order valence-electron chi connectivity index (χ4n) is 4.89. The summed E-state index contributed by atoms with van der Waals surface area (Å²) >= 11 is 0. The highest BCUT2D eigenvalue weighted by Crippen LogP contribution is 2.48. The minimum Gasteiger partial charge on any atom is -0.487 e. The Balaban J connectivity index is 1.53. The van der Waals surface area contributed by atoms with Crippen molar-refractivity contribution in [3.8, 4) is 5.75 Å². The molecule has 160 valence electrons. The minimum absolute atomic E-state index is 0.0721. The van der Waals surface area contributed by atoms with E-state index in [1.165, 1.54) is 24.7 Å². The van der Waals surface area contributed by atoms with Crippen molar-refractivity contribution in [2.45, 2.75) is 63.5 Å². The molecule has 0 amide bonds. The van der Waals surface area contributed by atoms with Crippen LogP contribution in [0.2, 0.25) is 0 Å². The van der Waals surface area contributed by atoms with Crippen LogP contribution >= 0.6 is 0 Å². The summed E-state index contributed by atoms with van der Waals surface area (Å²) in [5.41, 5.74) is 0.931. The lowest BCUT2D eigenvalue weighted by atomic mass is 9.86. The number of ether oxygens (including phenoxy) is 1. The molecule has 0 radical (unpaired) electrons. The molecule has 2 saturated carbocycles. The first-order valence-corrected chi connectivity index (χ1v) is 12.9. The number of sulfone groups is 1. The van der Waals surface area contributed by atoms with E-state index in [0.717, 1.165) is 50.4 Å². The molecule has 1 aromatic carbocycles. The van der Waals surface area contributed by atoms with Gasteiger partial charge in [-0.05, 0) is 51.5 Å². The van der Waals surface area contributed by atoms with Crippen molar-refractivity contribution in [2.24, 2.45) is 10.4 Å². The van der Waals surface area contributed by atoms with Gasteiger partial charge in [-0.15, -0.1) is 0 Å². The highest BCUT2D eigenvalue weighted by molar-refractivity contribution is 7.90. The van der Waals surface area contributed by atoms with Crippen LogP contribution in [0.3, 0.4) is 0 Å². The molecule has 0 saturated heterocycles. The molecule has 0 bridgehead atoms. The highest BCUT2D eigenvalue weighted by Gasteiger charge is 2.46. The zero-order valence-corrected chi connectivity index (χ0v) is 18.4. The Hall–Kier alpha value is -1.76. The molecule has 1 atom stereocenters. The number of guanidine groups is 1. The van der Waals surface area contributed by atoms with Gasteiger partial charge >= 0.3 is 0 Å². The monoisotopic (exact) mass is 419 g/mol. The van der Waals surface area contributed by atoms with Gasteiger partial charge in [0.2, 0.25) is 0 Å². The summed E-state index contributed by atoms with van der Waals surface area (Å²) in [5.74, 6) is 1.97. The van der Waals surface area contributed by atoms with Crippen LogP contribution in [0.25, 0.3) is 0 Å². The molecule has 3 aliphatic rings. The summed E-state index contributed by atoms with van der Waals surface area (Å²) in [6.45, 7) is 3.36. The Kier molecular flexibility index (Phi) is 5.53. The Bertz CT molecular complexity index is 871. The summed E-state index contributed by atoms with van der Waals surface area (Å²) in [6, 6.07) is 8.42. The number of nitrogens with one attached hydrogen (secondary N) is 2. The maximum Gasteiger partial charge on any atom is 0.191 e. The standard InChI is InChI=1S/C22H33N3O3S/c1-3-23-20(24-15-21(12-13-21)16-29(2,26)27)25-18-14-22(10-6-7-11-22)28-19-9-5-4-8-17(18)19/h4-5,8-9,18H,3,6-7,10-16H2,1-2H3,(H2,23,24,25). The molecule has 1 aliphatic heterocycles. The van der Waals surface area contributed by atoms with Crippen LogP contribution in [-0.2, 0) is 9.84 Å². The zero-order chi connectivity index (χ0) is 20.5. The Morgan fingerprint density at radius 2 is 1.93 bits per heavy atom. The van der Waals surface area contributed by atoms with Crippen LogP contribution in [0.4, 0.5) is 0 Å². The van der Waals surface area contributed by atoms with E-state index >= 15 is 0 Å². The molecule has 2 aliphatic carbocycles. The third kappa shape index (κ3) is 4.87. The molecule has 2 N–H and O–H groups in total. The van der Waals surface area contributed by atoms with Crippen molar-refractivity contribution in [1.82, 2.24) is 10.6 Å². The van der Waals surface area contributed by atoms with E-state index < -0.39 is 9.84 Å². The minimum atomic E-state index is -2.99. The van der Waals surface area contributed by atoms with E-state index in [-0.39, 0.29) is 22.8 Å². The van der Waals surface area contributed by atoms with Crippen molar-refractivity contribution < 1.29 is 13.2 Å². The average molecular weight is 420 g/mol. The number of rotatable bonds is 6. The summed E-state index contributed by atoms with van der Waals surface area (Å²) in [4.78, 5) is 4.80. The van der Waals surface area contributed by atoms with Crippen LogP contribution in [0.1, 0.15) is 63.5 Å². The summed E-state index contributed by atoms with van der Waals surface area (Å²) in [6.07, 6.45) is 8.77. The molecule has 1 spiro atoms. The van der Waals surface area contributed by atoms with Gasteiger partial charge in [0.15, 0.2) is 5.96 Å². The zero-order valence-electron chi connectivity index (χ0n) is 17.5. The second-order valence-electron chi connectivity index (χ2n) is 9.20. The molecular formula is C22H33N3O3S. The predicted octanol–water partition coefficient (Wildman–Crippen LogP) is 3.20. The van der Waals surface area contributed by atoms with Crippen molar-refractivity contribution in [3.63, 3.8) is 0 Å².